The lowest BCUT2D eigenvalue weighted by molar-refractivity contribution is 0.146. The number of rotatable bonds is 5. The molecular weight excluding hydrogens is 256 g/mol. The summed E-state index contributed by atoms with van der Waals surface area (Å²) in [6, 6.07) is 10.1. The lowest BCUT2D eigenvalue weighted by Gasteiger charge is -1.97. The van der Waals surface area contributed by atoms with Gasteiger partial charge < -0.3 is 4.74 Å². The molecule has 2 rings (SSSR count). The van der Waals surface area contributed by atoms with Crippen molar-refractivity contribution in [3.63, 3.8) is 0 Å². The normalized spacial score (nSPS) is 11.1. The minimum absolute atomic E-state index is 0.397. The van der Waals surface area contributed by atoms with Crippen molar-refractivity contribution >= 4 is 29.2 Å². The van der Waals surface area contributed by atoms with Crippen molar-refractivity contribution in [1.29, 1.82) is 0 Å². The molecule has 0 atom stereocenters. The van der Waals surface area contributed by atoms with Crippen LogP contribution in [0.15, 0.2) is 36.4 Å². The zero-order valence-corrected chi connectivity index (χ0v) is 10.6. The quantitative estimate of drug-likeness (QED) is 0.778. The van der Waals surface area contributed by atoms with Crippen LogP contribution < -0.4 is 0 Å². The molecule has 17 heavy (non-hydrogen) atoms. The molecule has 1 heterocycles. The van der Waals surface area contributed by atoms with Crippen LogP contribution in [-0.4, -0.2) is 16.2 Å². The van der Waals surface area contributed by atoms with Crippen LogP contribution in [0.1, 0.15) is 11.3 Å². The molecule has 0 spiro atoms. The first-order valence-corrected chi connectivity index (χ1v) is 6.27. The van der Waals surface area contributed by atoms with E-state index >= 15 is 0 Å². The lowest BCUT2D eigenvalue weighted by Crippen LogP contribution is -1.93. The SMILES string of the molecule is Clc1snnc1COC/C=C/c1ccccc1. The van der Waals surface area contributed by atoms with Crippen molar-refractivity contribution in [1.82, 2.24) is 9.59 Å². The van der Waals surface area contributed by atoms with Crippen molar-refractivity contribution in [2.45, 2.75) is 6.61 Å². The molecule has 1 aromatic carbocycles. The molecule has 0 aliphatic rings. The Labute approximate surface area is 109 Å². The van der Waals surface area contributed by atoms with E-state index in [1.807, 2.05) is 42.5 Å². The van der Waals surface area contributed by atoms with E-state index in [4.69, 9.17) is 16.3 Å². The molecule has 5 heteroatoms. The van der Waals surface area contributed by atoms with Gasteiger partial charge in [-0.1, -0.05) is 58.6 Å². The number of hydrogen-bond acceptors (Lipinski definition) is 4. The third-order valence-corrected chi connectivity index (χ3v) is 3.06. The average Bonchev–Trinajstić information content (AvgIpc) is 2.76. The van der Waals surface area contributed by atoms with Crippen LogP contribution in [0.5, 0.6) is 0 Å². The summed E-state index contributed by atoms with van der Waals surface area (Å²) in [5.41, 5.74) is 1.86. The molecule has 2 aromatic rings. The molecule has 0 unspecified atom stereocenters. The third kappa shape index (κ3) is 3.93. The molecule has 0 radical (unpaired) electrons. The van der Waals surface area contributed by atoms with Gasteiger partial charge in [0.15, 0.2) is 0 Å². The van der Waals surface area contributed by atoms with Gasteiger partial charge in [0.1, 0.15) is 10.0 Å². The number of benzene rings is 1. The van der Waals surface area contributed by atoms with Gasteiger partial charge in [0.2, 0.25) is 0 Å². The van der Waals surface area contributed by atoms with Gasteiger partial charge in [-0.3, -0.25) is 0 Å². The Morgan fingerprint density at radius 1 is 1.29 bits per heavy atom. The van der Waals surface area contributed by atoms with Crippen molar-refractivity contribution in [2.24, 2.45) is 0 Å². The molecule has 0 fully saturated rings. The third-order valence-electron chi connectivity index (χ3n) is 2.07. The van der Waals surface area contributed by atoms with Crippen molar-refractivity contribution < 1.29 is 4.74 Å². The molecule has 0 bridgehead atoms. The van der Waals surface area contributed by atoms with Crippen LogP contribution in [0.2, 0.25) is 4.34 Å². The van der Waals surface area contributed by atoms with Crippen molar-refractivity contribution in [3.8, 4) is 0 Å². The summed E-state index contributed by atoms with van der Waals surface area (Å²) in [7, 11) is 0. The largest absolute Gasteiger partial charge is 0.371 e. The predicted octanol–water partition coefficient (Wildman–Crippen LogP) is 3.42. The summed E-state index contributed by atoms with van der Waals surface area (Å²) in [6.45, 7) is 0.928. The Kier molecular flexibility index (Phi) is 4.67. The number of nitrogens with zero attached hydrogens (tertiary/aromatic N) is 2. The number of hydrogen-bond donors (Lipinski definition) is 0. The average molecular weight is 267 g/mol. The maximum absolute atomic E-state index is 5.84. The molecule has 88 valence electrons. The molecule has 1 aromatic heterocycles. The summed E-state index contributed by atoms with van der Waals surface area (Å²) >= 11 is 7.02. The first-order chi connectivity index (χ1) is 8.36. The molecule has 0 aliphatic heterocycles. The molecular formula is C12H11ClN2OS. The summed E-state index contributed by atoms with van der Waals surface area (Å²) in [5, 5.41) is 3.86. The van der Waals surface area contributed by atoms with Gasteiger partial charge in [-0.05, 0) is 5.56 Å². The van der Waals surface area contributed by atoms with Gasteiger partial charge >= 0.3 is 0 Å². The Bertz CT molecular complexity index is 484. The Hall–Kier alpha value is -1.23. The molecule has 0 amide bonds. The maximum atomic E-state index is 5.84. The van der Waals surface area contributed by atoms with Crippen molar-refractivity contribution in [3.05, 3.63) is 52.0 Å². The molecule has 0 N–H and O–H groups in total. The highest BCUT2D eigenvalue weighted by molar-refractivity contribution is 7.10. The fourth-order valence-corrected chi connectivity index (χ4v) is 1.86. The monoisotopic (exact) mass is 266 g/mol. The predicted molar refractivity (Wildman–Crippen MR) is 70.1 cm³/mol. The minimum Gasteiger partial charge on any atom is -0.371 e. The molecule has 0 saturated carbocycles. The van der Waals surface area contributed by atoms with Crippen LogP contribution in [0.25, 0.3) is 6.08 Å². The minimum atomic E-state index is 0.397. The fraction of sp³-hybridized carbons (Fsp3) is 0.167. The van der Waals surface area contributed by atoms with Crippen LogP contribution in [0, 0.1) is 0 Å². The topological polar surface area (TPSA) is 35.0 Å². The standard InChI is InChI=1S/C12H11ClN2OS/c13-12-11(14-15-17-12)9-16-8-4-7-10-5-2-1-3-6-10/h1-7H,8-9H2/b7-4+. The van der Waals surface area contributed by atoms with E-state index in [2.05, 4.69) is 9.59 Å². The van der Waals surface area contributed by atoms with Gasteiger partial charge in [-0.25, -0.2) is 0 Å². The zero-order chi connectivity index (χ0) is 11.9. The number of ether oxygens (including phenoxy) is 1. The van der Waals surface area contributed by atoms with E-state index in [1.54, 1.807) is 0 Å². The van der Waals surface area contributed by atoms with Crippen LogP contribution >= 0.6 is 23.1 Å². The highest BCUT2D eigenvalue weighted by atomic mass is 35.5. The van der Waals surface area contributed by atoms with Gasteiger partial charge in [-0.2, -0.15) is 0 Å². The van der Waals surface area contributed by atoms with Gasteiger partial charge in [-0.15, -0.1) is 5.10 Å². The van der Waals surface area contributed by atoms with E-state index in [0.29, 0.717) is 23.2 Å². The maximum Gasteiger partial charge on any atom is 0.139 e. The van der Waals surface area contributed by atoms with Crippen LogP contribution in [0.4, 0.5) is 0 Å². The smallest absolute Gasteiger partial charge is 0.139 e. The number of halogens is 1. The van der Waals surface area contributed by atoms with Crippen molar-refractivity contribution in [2.75, 3.05) is 6.61 Å². The van der Waals surface area contributed by atoms with Crippen LogP contribution in [0.3, 0.4) is 0 Å². The van der Waals surface area contributed by atoms with Gasteiger partial charge in [0.05, 0.1) is 13.2 Å². The summed E-state index contributed by atoms with van der Waals surface area (Å²) in [6.07, 6.45) is 3.98. The Morgan fingerprint density at radius 2 is 2.12 bits per heavy atom. The number of aromatic nitrogens is 2. The fourth-order valence-electron chi connectivity index (χ4n) is 1.26. The van der Waals surface area contributed by atoms with Crippen LogP contribution in [-0.2, 0) is 11.3 Å². The summed E-state index contributed by atoms with van der Waals surface area (Å²) in [5.74, 6) is 0. The van der Waals surface area contributed by atoms with Gasteiger partial charge in [0.25, 0.3) is 0 Å². The highest BCUT2D eigenvalue weighted by Gasteiger charge is 2.03. The Balaban J connectivity index is 1.74. The lowest BCUT2D eigenvalue weighted by atomic mass is 10.2. The second-order valence-electron chi connectivity index (χ2n) is 3.32. The second kappa shape index (κ2) is 6.49. The van der Waals surface area contributed by atoms with E-state index < -0.39 is 0 Å². The second-order valence-corrected chi connectivity index (χ2v) is 4.68. The van der Waals surface area contributed by atoms with Gasteiger partial charge in [0, 0.05) is 11.5 Å². The molecule has 0 saturated heterocycles. The van der Waals surface area contributed by atoms with E-state index in [-0.39, 0.29) is 0 Å². The summed E-state index contributed by atoms with van der Waals surface area (Å²) < 4.78 is 9.74. The molecule has 0 aliphatic carbocycles. The first kappa shape index (κ1) is 12.2. The Morgan fingerprint density at radius 3 is 2.82 bits per heavy atom. The summed E-state index contributed by atoms with van der Waals surface area (Å²) in [4.78, 5) is 0. The molecule has 3 nitrogen and oxygen atoms in total. The van der Waals surface area contributed by atoms with E-state index in [1.165, 1.54) is 11.5 Å². The van der Waals surface area contributed by atoms with E-state index in [0.717, 1.165) is 5.56 Å². The first-order valence-electron chi connectivity index (χ1n) is 5.12. The van der Waals surface area contributed by atoms with E-state index in [9.17, 15) is 0 Å². The highest BCUT2D eigenvalue weighted by Crippen LogP contribution is 2.17. The zero-order valence-electron chi connectivity index (χ0n) is 9.04.